The van der Waals surface area contributed by atoms with E-state index in [0.29, 0.717) is 0 Å². The van der Waals surface area contributed by atoms with Gasteiger partial charge in [0.1, 0.15) is 3.41 Å². The van der Waals surface area contributed by atoms with Crippen LogP contribution in [0, 0.1) is 0 Å². The third-order valence-corrected chi connectivity index (χ3v) is 1.84. The van der Waals surface area contributed by atoms with Crippen molar-refractivity contribution < 1.29 is 8.76 Å². The van der Waals surface area contributed by atoms with Crippen molar-refractivity contribution in [3.05, 3.63) is 0 Å². The van der Waals surface area contributed by atoms with Crippen molar-refractivity contribution in [2.24, 2.45) is 0 Å². The molecule has 0 aliphatic rings. The Kier molecular flexibility index (Phi) is 2.67. The minimum absolute atomic E-state index is 1.19. The summed E-state index contributed by atoms with van der Waals surface area (Å²) in [6, 6.07) is 0. The lowest BCUT2D eigenvalue weighted by atomic mass is 10.9. The zero-order chi connectivity index (χ0) is 6.08. The Balaban J connectivity index is 3.79. The second kappa shape index (κ2) is 2.39. The predicted molar refractivity (Wildman–Crippen MR) is 35.3 cm³/mol. The Labute approximate surface area is 55.8 Å². The number of hydrogen-bond acceptors (Lipinski definition) is 4. The molecule has 0 N–H and O–H groups in total. The van der Waals surface area contributed by atoms with Gasteiger partial charge in [0.2, 0.25) is 0 Å². The fourth-order valence-electron chi connectivity index (χ4n) is 0. The van der Waals surface area contributed by atoms with Gasteiger partial charge in [-0.3, -0.25) is 4.21 Å². The molecule has 0 bridgehead atoms. The normalized spacial score (nSPS) is 16.6. The van der Waals surface area contributed by atoms with E-state index < -0.39 is 14.5 Å². The maximum absolute atomic E-state index is 9.87. The molecule has 44 valence electrons. The molecule has 0 aliphatic heterocycles. The highest BCUT2D eigenvalue weighted by atomic mass is 32.3. The zero-order valence-corrected chi connectivity index (χ0v) is 6.22. The summed E-state index contributed by atoms with van der Waals surface area (Å²) in [5, 5.41) is 0. The third kappa shape index (κ3) is 3.40. The van der Waals surface area contributed by atoms with Crippen molar-refractivity contribution >= 4 is 36.3 Å². The molecule has 0 rings (SSSR count). The van der Waals surface area contributed by atoms with Gasteiger partial charge in [0, 0.05) is 0 Å². The van der Waals surface area contributed by atoms with Gasteiger partial charge in [0.05, 0.1) is 0 Å². The molecule has 0 aromatic carbocycles. The fraction of sp³-hybridized carbons (Fsp3) is 1.00. The molecule has 0 spiro atoms. The molecule has 1 unspecified atom stereocenters. The molecule has 0 fully saturated rings. The Morgan fingerprint density at radius 1 is 1.71 bits per heavy atom. The molecule has 5 heteroatoms. The first-order valence-corrected chi connectivity index (χ1v) is 3.45. The van der Waals surface area contributed by atoms with Gasteiger partial charge in [0.25, 0.3) is 0 Å². The van der Waals surface area contributed by atoms with Crippen LogP contribution in [0.15, 0.2) is 0 Å². The van der Waals surface area contributed by atoms with Crippen LogP contribution in [0.1, 0.15) is 6.92 Å². The Hall–Kier alpha value is 0.810. The number of hydrogen-bond donors (Lipinski definition) is 2. The highest BCUT2D eigenvalue weighted by Gasteiger charge is 2.11. The van der Waals surface area contributed by atoms with E-state index in [1.807, 2.05) is 0 Å². The van der Waals surface area contributed by atoms with Crippen LogP contribution in [0.25, 0.3) is 0 Å². The van der Waals surface area contributed by atoms with E-state index in [4.69, 9.17) is 0 Å². The Morgan fingerprint density at radius 3 is 1.86 bits per heavy atom. The van der Waals surface area contributed by atoms with Crippen LogP contribution in [-0.2, 0) is 11.1 Å². The maximum Gasteiger partial charge on any atom is 0.115 e. The van der Waals surface area contributed by atoms with Crippen LogP contribution < -0.4 is 0 Å². The summed E-state index contributed by atoms with van der Waals surface area (Å²) in [6.45, 7) is 1.38. The monoisotopic (exact) mass is 157 g/mol. The maximum atomic E-state index is 9.87. The van der Waals surface area contributed by atoms with Gasteiger partial charge in [-0.15, -0.1) is 0 Å². The summed E-state index contributed by atoms with van der Waals surface area (Å²) in [6.07, 6.45) is 0. The smallest absolute Gasteiger partial charge is 0.115 e. The SMILES string of the molecule is CC(S)(S)S(=O)[O-]. The Bertz CT molecular complexity index is 83.4. The first-order chi connectivity index (χ1) is 2.94. The van der Waals surface area contributed by atoms with Crippen LogP contribution in [0.2, 0.25) is 0 Å². The summed E-state index contributed by atoms with van der Waals surface area (Å²) in [4.78, 5) is 0. The minimum atomic E-state index is -2.20. The van der Waals surface area contributed by atoms with Crippen molar-refractivity contribution in [1.29, 1.82) is 0 Å². The van der Waals surface area contributed by atoms with E-state index in [1.54, 1.807) is 0 Å². The first-order valence-electron chi connectivity index (χ1n) is 1.48. The summed E-state index contributed by atoms with van der Waals surface area (Å²) in [5.41, 5.74) is 0. The second-order valence-electron chi connectivity index (χ2n) is 1.17. The van der Waals surface area contributed by atoms with Crippen LogP contribution in [0.3, 0.4) is 0 Å². The average molecular weight is 157 g/mol. The topological polar surface area (TPSA) is 40.1 Å². The first kappa shape index (κ1) is 7.81. The quantitative estimate of drug-likeness (QED) is 0.328. The zero-order valence-electron chi connectivity index (χ0n) is 3.62. The van der Waals surface area contributed by atoms with E-state index in [9.17, 15) is 8.76 Å². The van der Waals surface area contributed by atoms with Crippen LogP contribution in [0.5, 0.6) is 0 Å². The van der Waals surface area contributed by atoms with Crippen molar-refractivity contribution in [2.75, 3.05) is 0 Å². The van der Waals surface area contributed by atoms with Gasteiger partial charge >= 0.3 is 0 Å². The standard InChI is InChI=1S/C2H6O2S3/c1-2(5,6)7(3)4/h5-6H,1H3,(H,3,4)/p-1. The molecule has 1 atom stereocenters. The number of rotatable bonds is 1. The van der Waals surface area contributed by atoms with Crippen molar-refractivity contribution in [1.82, 2.24) is 0 Å². The summed E-state index contributed by atoms with van der Waals surface area (Å²) >= 11 is 5.00. The van der Waals surface area contributed by atoms with E-state index in [2.05, 4.69) is 25.3 Å². The van der Waals surface area contributed by atoms with Gasteiger partial charge in [-0.1, -0.05) is 0 Å². The van der Waals surface area contributed by atoms with E-state index >= 15 is 0 Å². The molecule has 0 heterocycles. The molecule has 0 radical (unpaired) electrons. The van der Waals surface area contributed by atoms with E-state index in [-0.39, 0.29) is 0 Å². The molecule has 7 heavy (non-hydrogen) atoms. The van der Waals surface area contributed by atoms with Crippen molar-refractivity contribution in [3.63, 3.8) is 0 Å². The highest BCUT2D eigenvalue weighted by Crippen LogP contribution is 2.20. The van der Waals surface area contributed by atoms with Crippen LogP contribution >= 0.6 is 25.3 Å². The lowest BCUT2D eigenvalue weighted by Crippen LogP contribution is -2.13. The van der Waals surface area contributed by atoms with Gasteiger partial charge < -0.3 is 4.55 Å². The highest BCUT2D eigenvalue weighted by molar-refractivity contribution is 8.16. The van der Waals surface area contributed by atoms with Gasteiger partial charge in [0.15, 0.2) is 0 Å². The summed E-state index contributed by atoms with van der Waals surface area (Å²) in [5.74, 6) is 0. The fourth-order valence-corrected chi connectivity index (χ4v) is 0. The number of thiol groups is 2. The van der Waals surface area contributed by atoms with Gasteiger partial charge in [-0.2, -0.15) is 25.3 Å². The summed E-state index contributed by atoms with van der Waals surface area (Å²) < 4.78 is 18.5. The molecule has 2 nitrogen and oxygen atoms in total. The largest absolute Gasteiger partial charge is 0.771 e. The molecule has 0 aromatic rings. The molecular formula is C2H5O2S3-. The minimum Gasteiger partial charge on any atom is -0.771 e. The molecule has 0 amide bonds. The lowest BCUT2D eigenvalue weighted by Gasteiger charge is -2.18. The Morgan fingerprint density at radius 2 is 1.86 bits per heavy atom. The third-order valence-electron chi connectivity index (χ3n) is 0.316. The molecule has 0 saturated carbocycles. The summed E-state index contributed by atoms with van der Waals surface area (Å²) in [7, 11) is 0. The van der Waals surface area contributed by atoms with E-state index in [1.165, 1.54) is 6.92 Å². The van der Waals surface area contributed by atoms with Crippen molar-refractivity contribution in [2.45, 2.75) is 10.3 Å². The lowest BCUT2D eigenvalue weighted by molar-refractivity contribution is 0.533. The predicted octanol–water partition coefficient (Wildman–Crippen LogP) is 0.399. The van der Waals surface area contributed by atoms with Crippen molar-refractivity contribution in [3.8, 4) is 0 Å². The molecule has 0 aromatic heterocycles. The molecule has 0 saturated heterocycles. The average Bonchev–Trinajstić information content (AvgIpc) is 1.31. The van der Waals surface area contributed by atoms with Gasteiger partial charge in [-0.25, -0.2) is 0 Å². The molecular weight excluding hydrogens is 152 g/mol. The molecule has 0 aliphatic carbocycles. The van der Waals surface area contributed by atoms with Crippen LogP contribution in [0.4, 0.5) is 0 Å². The van der Waals surface area contributed by atoms with Gasteiger partial charge in [-0.05, 0) is 18.0 Å². The second-order valence-corrected chi connectivity index (χ2v) is 5.20. The van der Waals surface area contributed by atoms with E-state index in [0.717, 1.165) is 0 Å². The van der Waals surface area contributed by atoms with Crippen LogP contribution in [-0.4, -0.2) is 12.2 Å².